The largest absolute Gasteiger partial charge is 0.393 e. The maximum atomic E-state index is 14.0. The number of rotatable bonds is 4. The normalized spacial score (nSPS) is 39.4. The van der Waals surface area contributed by atoms with Gasteiger partial charge in [-0.15, -0.1) is 0 Å². The van der Waals surface area contributed by atoms with Crippen LogP contribution in [0.5, 0.6) is 0 Å². The smallest absolute Gasteiger partial charge is 0.296 e. The molecule has 11 atom stereocenters. The van der Waals surface area contributed by atoms with E-state index < -0.39 is 47.5 Å². The van der Waals surface area contributed by atoms with Crippen molar-refractivity contribution >= 4 is 17.5 Å². The molecular weight excluding hydrogens is 753 g/mol. The van der Waals surface area contributed by atoms with Crippen LogP contribution < -0.4 is 5.73 Å². The van der Waals surface area contributed by atoms with Crippen molar-refractivity contribution in [1.29, 1.82) is 0 Å². The molecule has 6 N–H and O–H groups in total. The molecule has 1 amide bonds. The summed E-state index contributed by atoms with van der Waals surface area (Å²) in [6.45, 7) is 10.0. The minimum absolute atomic E-state index is 0.0349. The lowest BCUT2D eigenvalue weighted by Gasteiger charge is -2.40. The second-order valence-corrected chi connectivity index (χ2v) is 18.4. The molecule has 334 valence electrons. The fourth-order valence-corrected chi connectivity index (χ4v) is 9.45. The van der Waals surface area contributed by atoms with Crippen LogP contribution in [0.2, 0.25) is 0 Å². The Kier molecular flexibility index (Phi) is 19.6. The molecule has 3 fully saturated rings. The van der Waals surface area contributed by atoms with Crippen molar-refractivity contribution in [1.82, 2.24) is 4.90 Å². The SMILES string of the molecule is CO[C@H]1C[C@@H]2CCC[C@@](O)(O2)C(=O)C(=O)N2CCCC[C@H]2CO[C@H]([C@H](N)CC2CCC(O)CC2)CC[C@H](C)/C=C(\C)[C@@H](O)[C@@H](O)C(=O)[C@H](C)C[C@H](C)/C=C/C=CC=C1C. The number of allylic oxidation sites excluding steroid dienone is 6. The summed E-state index contributed by atoms with van der Waals surface area (Å²) in [6.07, 6.45) is 16.7. The van der Waals surface area contributed by atoms with Gasteiger partial charge in [0.2, 0.25) is 5.79 Å². The topological polar surface area (TPSA) is 189 Å². The van der Waals surface area contributed by atoms with Gasteiger partial charge in [0, 0.05) is 38.5 Å². The average Bonchev–Trinajstić information content (AvgIpc) is 3.21. The first-order valence-electron chi connectivity index (χ1n) is 22.5. The maximum Gasteiger partial charge on any atom is 0.296 e. The first-order chi connectivity index (χ1) is 28.0. The second kappa shape index (κ2) is 23.6. The molecule has 2 bridgehead atoms. The van der Waals surface area contributed by atoms with Gasteiger partial charge >= 0.3 is 0 Å². The Morgan fingerprint density at radius 2 is 1.59 bits per heavy atom. The number of amides is 1. The molecule has 3 aliphatic heterocycles. The Bertz CT molecular complexity index is 1490. The van der Waals surface area contributed by atoms with E-state index in [0.717, 1.165) is 50.5 Å². The Hall–Kier alpha value is -2.55. The van der Waals surface area contributed by atoms with Gasteiger partial charge in [0.25, 0.3) is 11.7 Å². The molecule has 0 aromatic rings. The van der Waals surface area contributed by atoms with Crippen LogP contribution in [0.4, 0.5) is 0 Å². The molecule has 12 nitrogen and oxygen atoms in total. The summed E-state index contributed by atoms with van der Waals surface area (Å²) in [5, 5.41) is 43.8. The summed E-state index contributed by atoms with van der Waals surface area (Å²) in [5.41, 5.74) is 8.36. The molecule has 2 saturated heterocycles. The fraction of sp³-hybridized carbons (Fsp3) is 0.766. The molecule has 3 heterocycles. The molecule has 1 saturated carbocycles. The number of nitrogens with zero attached hydrogens (tertiary/aromatic N) is 1. The highest BCUT2D eigenvalue weighted by atomic mass is 16.6. The molecule has 12 heteroatoms. The van der Waals surface area contributed by atoms with Crippen molar-refractivity contribution in [2.24, 2.45) is 29.4 Å². The van der Waals surface area contributed by atoms with Gasteiger partial charge in [-0.25, -0.2) is 0 Å². The van der Waals surface area contributed by atoms with Gasteiger partial charge in [-0.2, -0.15) is 0 Å². The van der Waals surface area contributed by atoms with Crippen LogP contribution in [0.25, 0.3) is 0 Å². The number of ether oxygens (including phenoxy) is 3. The summed E-state index contributed by atoms with van der Waals surface area (Å²) < 4.78 is 18.5. The first-order valence-corrected chi connectivity index (χ1v) is 22.5. The lowest BCUT2D eigenvalue weighted by atomic mass is 9.82. The number of carbonyl (C=O) groups excluding carboxylic acids is 3. The molecular formula is C47H76N2O10. The van der Waals surface area contributed by atoms with Crippen LogP contribution in [0, 0.1) is 23.7 Å². The van der Waals surface area contributed by atoms with Crippen LogP contribution in [0.1, 0.15) is 131 Å². The van der Waals surface area contributed by atoms with Crippen molar-refractivity contribution in [2.75, 3.05) is 20.3 Å². The quantitative estimate of drug-likeness (QED) is 0.174. The number of carbonyl (C=O) groups is 3. The number of Topliss-reactive ketones (excluding diaryl/α,β-unsaturated/α-hetero) is 2. The number of piperidine rings is 1. The van der Waals surface area contributed by atoms with Crippen molar-refractivity contribution in [3.8, 4) is 0 Å². The van der Waals surface area contributed by atoms with E-state index in [0.29, 0.717) is 63.0 Å². The predicted octanol–water partition coefficient (Wildman–Crippen LogP) is 5.64. The average molecular weight is 829 g/mol. The summed E-state index contributed by atoms with van der Waals surface area (Å²) in [5.74, 6) is -4.44. The van der Waals surface area contributed by atoms with E-state index in [9.17, 15) is 34.8 Å². The third kappa shape index (κ3) is 14.5. The van der Waals surface area contributed by atoms with Crippen molar-refractivity contribution < 1.29 is 49.0 Å². The molecule has 0 spiro atoms. The number of nitrogens with two attached hydrogens (primary N) is 1. The van der Waals surface area contributed by atoms with Crippen molar-refractivity contribution in [3.05, 3.63) is 47.6 Å². The number of ketones is 2. The van der Waals surface area contributed by atoms with E-state index in [2.05, 4.69) is 0 Å². The van der Waals surface area contributed by atoms with Crippen LogP contribution in [-0.2, 0) is 28.6 Å². The van der Waals surface area contributed by atoms with Gasteiger partial charge in [-0.1, -0.05) is 57.2 Å². The molecule has 59 heavy (non-hydrogen) atoms. The van der Waals surface area contributed by atoms with Crippen molar-refractivity contribution in [3.63, 3.8) is 0 Å². The number of methoxy groups -OCH3 is 1. The van der Waals surface area contributed by atoms with E-state index in [1.165, 1.54) is 0 Å². The fourth-order valence-electron chi connectivity index (χ4n) is 9.45. The first kappa shape index (κ1) is 49.1. The zero-order chi connectivity index (χ0) is 43.3. The summed E-state index contributed by atoms with van der Waals surface area (Å²) >= 11 is 0. The minimum Gasteiger partial charge on any atom is -0.393 e. The minimum atomic E-state index is -2.23. The van der Waals surface area contributed by atoms with Gasteiger partial charge < -0.3 is 45.3 Å². The molecule has 4 rings (SSSR count). The Morgan fingerprint density at radius 3 is 2.31 bits per heavy atom. The van der Waals surface area contributed by atoms with E-state index in [1.807, 2.05) is 57.2 Å². The van der Waals surface area contributed by atoms with Gasteiger partial charge in [0.05, 0.1) is 37.1 Å². The van der Waals surface area contributed by atoms with E-state index in [-0.39, 0.29) is 55.3 Å². The highest BCUT2D eigenvalue weighted by Crippen LogP contribution is 2.34. The van der Waals surface area contributed by atoms with Crippen LogP contribution >= 0.6 is 0 Å². The lowest BCUT2D eigenvalue weighted by Crippen LogP contribution is -2.57. The number of aliphatic hydroxyl groups is 4. The number of hydrogen-bond donors (Lipinski definition) is 5. The molecule has 0 radical (unpaired) electrons. The summed E-state index contributed by atoms with van der Waals surface area (Å²) in [7, 11) is 1.61. The Labute approximate surface area is 353 Å². The zero-order valence-electron chi connectivity index (χ0n) is 36.7. The summed E-state index contributed by atoms with van der Waals surface area (Å²) in [4.78, 5) is 42.7. The number of aliphatic hydroxyl groups excluding tert-OH is 3. The van der Waals surface area contributed by atoms with E-state index in [1.54, 1.807) is 25.9 Å². The van der Waals surface area contributed by atoms with E-state index >= 15 is 0 Å². The predicted molar refractivity (Wildman–Crippen MR) is 228 cm³/mol. The van der Waals surface area contributed by atoms with Gasteiger partial charge in [-0.05, 0) is 126 Å². The summed E-state index contributed by atoms with van der Waals surface area (Å²) in [6, 6.07) is -0.694. The van der Waals surface area contributed by atoms with Crippen LogP contribution in [-0.4, -0.2) is 118 Å². The lowest BCUT2D eigenvalue weighted by molar-refractivity contribution is -0.245. The van der Waals surface area contributed by atoms with E-state index in [4.69, 9.17) is 19.9 Å². The molecule has 0 unspecified atom stereocenters. The maximum absolute atomic E-state index is 14.0. The van der Waals surface area contributed by atoms with Crippen LogP contribution in [0.3, 0.4) is 0 Å². The second-order valence-electron chi connectivity index (χ2n) is 18.4. The standard InChI is InChI=1S/C47H76N2O10/c1-30-13-8-7-9-14-32(3)41(57-6)28-38-16-12-23-47(56,59-38)45(54)46(55)49-24-11-10-15-36(49)29-58-40(39(48)27-35-18-20-37(50)21-19-35)22-17-31(2)26-34(5)43(52)44(53)42(51)33(4)25-30/h7-9,13-14,26,30-31,33,35-41,43-44,50,52-53,56H,10-12,15-25,27-29,48H2,1-6H3/b9-7?,13-8+,32-14?,34-26+/t30-,31+,33-,35?,36+,37?,38+,39-,40+,41+,43-,44+,47-/m1/s1. The highest BCUT2D eigenvalue weighted by molar-refractivity contribution is 6.38. The Balaban J connectivity index is 1.59. The number of fused-ring (bicyclic) bond motifs is 3. The zero-order valence-corrected chi connectivity index (χ0v) is 36.7. The molecule has 4 aliphatic rings. The van der Waals surface area contributed by atoms with Crippen molar-refractivity contribution in [2.45, 2.75) is 185 Å². The van der Waals surface area contributed by atoms with Gasteiger partial charge in [-0.3, -0.25) is 14.4 Å². The molecule has 1 aliphatic carbocycles. The van der Waals surface area contributed by atoms with Crippen LogP contribution in [0.15, 0.2) is 47.6 Å². The third-order valence-electron chi connectivity index (χ3n) is 13.3. The van der Waals surface area contributed by atoms with Gasteiger partial charge in [0.15, 0.2) is 5.78 Å². The number of hydrogen-bond acceptors (Lipinski definition) is 11. The molecule has 0 aromatic carbocycles. The highest BCUT2D eigenvalue weighted by Gasteiger charge is 2.48. The Morgan fingerprint density at radius 1 is 0.864 bits per heavy atom. The molecule has 0 aromatic heterocycles. The monoisotopic (exact) mass is 829 g/mol. The van der Waals surface area contributed by atoms with Gasteiger partial charge in [0.1, 0.15) is 12.2 Å². The third-order valence-corrected chi connectivity index (χ3v) is 13.3.